The van der Waals surface area contributed by atoms with Gasteiger partial charge in [0.2, 0.25) is 0 Å². The molecule has 0 aromatic heterocycles. The van der Waals surface area contributed by atoms with Gasteiger partial charge in [-0.25, -0.2) is 4.79 Å². The molecule has 0 rings (SSSR count). The van der Waals surface area contributed by atoms with E-state index in [-0.39, 0.29) is 6.03 Å². The molecule has 6 N–H and O–H groups in total. The van der Waals surface area contributed by atoms with Crippen molar-refractivity contribution < 1.29 is 4.79 Å². The molecule has 0 heterocycles. The van der Waals surface area contributed by atoms with Crippen LogP contribution in [0.5, 0.6) is 0 Å². The van der Waals surface area contributed by atoms with E-state index in [1.807, 2.05) is 19.0 Å². The first-order valence-electron chi connectivity index (χ1n) is 8.44. The van der Waals surface area contributed by atoms with Crippen LogP contribution in [0.4, 0.5) is 4.79 Å². The van der Waals surface area contributed by atoms with E-state index < -0.39 is 0 Å². The van der Waals surface area contributed by atoms with Crippen LogP contribution in [-0.4, -0.2) is 77.4 Å². The number of rotatable bonds is 15. The molecule has 0 aliphatic rings. The van der Waals surface area contributed by atoms with E-state index in [4.69, 9.17) is 5.73 Å². The second-order valence-corrected chi connectivity index (χ2v) is 5.69. The molecule has 0 saturated heterocycles. The fourth-order valence-electron chi connectivity index (χ4n) is 1.85. The molecule has 0 fully saturated rings. The van der Waals surface area contributed by atoms with Gasteiger partial charge < -0.3 is 31.9 Å². The molecule has 0 unspecified atom stereocenters. The fraction of sp³-hybridized carbons (Fsp3) is 0.933. The Morgan fingerprint density at radius 3 is 1.95 bits per heavy atom. The van der Waals surface area contributed by atoms with E-state index in [9.17, 15) is 4.79 Å². The van der Waals surface area contributed by atoms with E-state index >= 15 is 0 Å². The molecule has 0 radical (unpaired) electrons. The van der Waals surface area contributed by atoms with Crippen molar-refractivity contribution in [3.63, 3.8) is 0 Å². The molecule has 22 heavy (non-hydrogen) atoms. The fourth-order valence-corrected chi connectivity index (χ4v) is 1.85. The zero-order chi connectivity index (χ0) is 16.5. The molecular weight excluding hydrogens is 280 g/mol. The van der Waals surface area contributed by atoms with Gasteiger partial charge in [0.1, 0.15) is 0 Å². The van der Waals surface area contributed by atoms with Gasteiger partial charge in [0, 0.05) is 19.6 Å². The molecule has 7 nitrogen and oxygen atoms in total. The Labute approximate surface area is 135 Å². The predicted octanol–water partition coefficient (Wildman–Crippen LogP) is -0.454. The first kappa shape index (κ1) is 21.1. The Balaban J connectivity index is 3.12. The summed E-state index contributed by atoms with van der Waals surface area (Å²) < 4.78 is 0. The third-order valence-electron chi connectivity index (χ3n) is 3.18. The SMILES string of the molecule is CN(C)CCNC(=O)NCCCNCCCCNCCCN. The minimum absolute atomic E-state index is 0.0783. The number of nitrogens with two attached hydrogens (primary N) is 1. The van der Waals surface area contributed by atoms with E-state index in [1.165, 1.54) is 12.8 Å². The molecule has 2 amide bonds. The summed E-state index contributed by atoms with van der Waals surface area (Å²) in [5, 5.41) is 12.4. The lowest BCUT2D eigenvalue weighted by atomic mass is 10.3. The standard InChI is InChI=1S/C15H36N6O/c1-21(2)14-13-20-15(22)19-12-6-11-18-9-4-3-8-17-10-5-7-16/h17-18H,3-14,16H2,1-2H3,(H2,19,20,22). The third kappa shape index (κ3) is 17.2. The van der Waals surface area contributed by atoms with Gasteiger partial charge in [-0.1, -0.05) is 0 Å². The van der Waals surface area contributed by atoms with E-state index in [1.54, 1.807) is 0 Å². The van der Waals surface area contributed by atoms with E-state index in [2.05, 4.69) is 21.3 Å². The van der Waals surface area contributed by atoms with Gasteiger partial charge in [0.05, 0.1) is 0 Å². The lowest BCUT2D eigenvalue weighted by Gasteiger charge is -2.11. The zero-order valence-corrected chi connectivity index (χ0v) is 14.4. The molecule has 0 aromatic rings. The van der Waals surface area contributed by atoms with Gasteiger partial charge in [0.15, 0.2) is 0 Å². The monoisotopic (exact) mass is 316 g/mol. The maximum Gasteiger partial charge on any atom is 0.314 e. The minimum atomic E-state index is -0.0783. The third-order valence-corrected chi connectivity index (χ3v) is 3.18. The summed E-state index contributed by atoms with van der Waals surface area (Å²) in [5.41, 5.74) is 5.42. The van der Waals surface area contributed by atoms with E-state index in [0.29, 0.717) is 13.1 Å². The maximum absolute atomic E-state index is 11.4. The Kier molecular flexibility index (Phi) is 15.8. The maximum atomic E-state index is 11.4. The average Bonchev–Trinajstić information content (AvgIpc) is 2.48. The highest BCUT2D eigenvalue weighted by Crippen LogP contribution is 1.85. The number of urea groups is 1. The number of likely N-dealkylation sites (N-methyl/N-ethyl adjacent to an activating group) is 1. The van der Waals surface area contributed by atoms with Crippen LogP contribution in [0.1, 0.15) is 25.7 Å². The van der Waals surface area contributed by atoms with Crippen molar-refractivity contribution in [2.75, 3.05) is 66.5 Å². The van der Waals surface area contributed by atoms with Crippen molar-refractivity contribution in [1.29, 1.82) is 0 Å². The highest BCUT2D eigenvalue weighted by Gasteiger charge is 1.98. The second-order valence-electron chi connectivity index (χ2n) is 5.69. The van der Waals surface area contributed by atoms with Crippen molar-refractivity contribution >= 4 is 6.03 Å². The number of nitrogens with one attached hydrogen (secondary N) is 4. The summed E-state index contributed by atoms with van der Waals surface area (Å²) in [4.78, 5) is 13.5. The summed E-state index contributed by atoms with van der Waals surface area (Å²) in [6.07, 6.45) is 4.36. The molecule has 0 saturated carbocycles. The number of amides is 2. The Morgan fingerprint density at radius 1 is 0.818 bits per heavy atom. The van der Waals surface area contributed by atoms with Gasteiger partial charge >= 0.3 is 6.03 Å². The molecule has 0 bridgehead atoms. The topological polar surface area (TPSA) is 94.5 Å². The smallest absolute Gasteiger partial charge is 0.314 e. The Morgan fingerprint density at radius 2 is 1.36 bits per heavy atom. The Bertz CT molecular complexity index is 250. The number of nitrogens with zero attached hydrogens (tertiary/aromatic N) is 1. The zero-order valence-electron chi connectivity index (χ0n) is 14.4. The molecule has 0 aliphatic heterocycles. The molecule has 0 atom stereocenters. The molecule has 7 heteroatoms. The highest BCUT2D eigenvalue weighted by molar-refractivity contribution is 5.73. The van der Waals surface area contributed by atoms with Crippen LogP contribution >= 0.6 is 0 Å². The van der Waals surface area contributed by atoms with Gasteiger partial charge in [-0.15, -0.1) is 0 Å². The predicted molar refractivity (Wildman–Crippen MR) is 93.2 cm³/mol. The van der Waals surface area contributed by atoms with Crippen LogP contribution in [0.15, 0.2) is 0 Å². The van der Waals surface area contributed by atoms with Crippen LogP contribution in [0.25, 0.3) is 0 Å². The first-order chi connectivity index (χ1) is 10.7. The van der Waals surface area contributed by atoms with Gasteiger partial charge in [-0.05, 0) is 72.5 Å². The molecule has 132 valence electrons. The van der Waals surface area contributed by atoms with Crippen LogP contribution < -0.4 is 27.0 Å². The average molecular weight is 316 g/mol. The summed E-state index contributed by atoms with van der Waals surface area (Å²) >= 11 is 0. The normalized spacial score (nSPS) is 10.9. The van der Waals surface area contributed by atoms with Crippen molar-refractivity contribution in [3.8, 4) is 0 Å². The summed E-state index contributed by atoms with van der Waals surface area (Å²) in [7, 11) is 3.98. The summed E-state index contributed by atoms with van der Waals surface area (Å²) in [6.45, 7) is 7.07. The number of carbonyl (C=O) groups excluding carboxylic acids is 1. The Hall–Kier alpha value is -0.890. The molecule has 0 aromatic carbocycles. The first-order valence-corrected chi connectivity index (χ1v) is 8.44. The van der Waals surface area contributed by atoms with Gasteiger partial charge in [0.25, 0.3) is 0 Å². The number of hydrogen-bond acceptors (Lipinski definition) is 5. The highest BCUT2D eigenvalue weighted by atomic mass is 16.2. The minimum Gasteiger partial charge on any atom is -0.338 e. The van der Waals surface area contributed by atoms with Crippen molar-refractivity contribution in [2.45, 2.75) is 25.7 Å². The number of carbonyl (C=O) groups is 1. The van der Waals surface area contributed by atoms with Crippen LogP contribution in [-0.2, 0) is 0 Å². The van der Waals surface area contributed by atoms with Crippen molar-refractivity contribution in [2.24, 2.45) is 5.73 Å². The van der Waals surface area contributed by atoms with Crippen molar-refractivity contribution in [3.05, 3.63) is 0 Å². The molecular formula is C15H36N6O. The summed E-state index contributed by atoms with van der Waals surface area (Å²) in [5.74, 6) is 0. The number of unbranched alkanes of at least 4 members (excludes halogenated alkanes) is 1. The van der Waals surface area contributed by atoms with E-state index in [0.717, 1.165) is 52.1 Å². The van der Waals surface area contributed by atoms with Gasteiger partial charge in [-0.2, -0.15) is 0 Å². The quantitative estimate of drug-likeness (QED) is 0.264. The molecule has 0 spiro atoms. The van der Waals surface area contributed by atoms with Crippen LogP contribution in [0.2, 0.25) is 0 Å². The van der Waals surface area contributed by atoms with Gasteiger partial charge in [-0.3, -0.25) is 0 Å². The molecule has 0 aliphatic carbocycles. The lowest BCUT2D eigenvalue weighted by Crippen LogP contribution is -2.39. The van der Waals surface area contributed by atoms with Crippen molar-refractivity contribution in [1.82, 2.24) is 26.2 Å². The number of hydrogen-bond donors (Lipinski definition) is 5. The largest absolute Gasteiger partial charge is 0.338 e. The second kappa shape index (κ2) is 16.5. The van der Waals surface area contributed by atoms with Crippen LogP contribution in [0.3, 0.4) is 0 Å². The lowest BCUT2D eigenvalue weighted by molar-refractivity contribution is 0.239. The van der Waals surface area contributed by atoms with Crippen LogP contribution in [0, 0.1) is 0 Å². The summed E-state index contributed by atoms with van der Waals surface area (Å²) in [6, 6.07) is -0.0783.